The maximum Gasteiger partial charge on any atom is 0.115 e. The van der Waals surface area contributed by atoms with Crippen LogP contribution in [0.3, 0.4) is 0 Å². The minimum absolute atomic E-state index is 0.417. The summed E-state index contributed by atoms with van der Waals surface area (Å²) < 4.78 is 12.1. The van der Waals surface area contributed by atoms with Crippen molar-refractivity contribution in [3.8, 4) is 0 Å². The summed E-state index contributed by atoms with van der Waals surface area (Å²) in [5.41, 5.74) is 1.59. The van der Waals surface area contributed by atoms with Gasteiger partial charge in [0, 0.05) is 0 Å². The predicted octanol–water partition coefficient (Wildman–Crippen LogP) is 2.41. The highest BCUT2D eigenvalue weighted by atomic mass is 19.1. The molecule has 0 unspecified atom stereocenters. The van der Waals surface area contributed by atoms with Gasteiger partial charge in [-0.3, -0.25) is 0 Å². The molecule has 0 nitrogen and oxygen atoms in total. The fourth-order valence-electron chi connectivity index (χ4n) is 0.887. The van der Waals surface area contributed by atoms with Gasteiger partial charge >= 0.3 is 0 Å². The molecule has 0 aliphatic rings. The Balaban J connectivity index is 2.96. The zero-order valence-corrected chi connectivity index (χ0v) is 5.68. The average molecular weight is 136 g/mol. The van der Waals surface area contributed by atoms with Crippen LogP contribution in [0.2, 0.25) is 0 Å². The van der Waals surface area contributed by atoms with Gasteiger partial charge in [0.05, 0.1) is 0 Å². The standard InChI is InChI=1S/C9H9F/c1-2-8-5-3-4-6-9(8)7-10/h1,3-6H,2,7H2. The molecule has 2 radical (unpaired) electrons. The Kier molecular flexibility index (Phi) is 2.43. The van der Waals surface area contributed by atoms with E-state index in [0.717, 1.165) is 5.56 Å². The molecular weight excluding hydrogens is 127 g/mol. The molecule has 0 fully saturated rings. The first kappa shape index (κ1) is 7.26. The van der Waals surface area contributed by atoms with E-state index in [2.05, 4.69) is 0 Å². The van der Waals surface area contributed by atoms with Gasteiger partial charge in [0.1, 0.15) is 6.67 Å². The topological polar surface area (TPSA) is 0 Å². The van der Waals surface area contributed by atoms with Crippen molar-refractivity contribution >= 4 is 0 Å². The maximum absolute atomic E-state index is 12.1. The second-order valence-corrected chi connectivity index (χ2v) is 2.11. The number of benzene rings is 1. The third kappa shape index (κ3) is 1.35. The second kappa shape index (κ2) is 3.35. The summed E-state index contributed by atoms with van der Waals surface area (Å²) in [5.74, 6) is 0. The van der Waals surface area contributed by atoms with Gasteiger partial charge in [0.25, 0.3) is 0 Å². The summed E-state index contributed by atoms with van der Waals surface area (Å²) in [5, 5.41) is 0. The van der Waals surface area contributed by atoms with E-state index in [1.807, 2.05) is 18.2 Å². The first-order valence-corrected chi connectivity index (χ1v) is 3.21. The van der Waals surface area contributed by atoms with Crippen molar-refractivity contribution in [3.05, 3.63) is 42.3 Å². The summed E-state index contributed by atoms with van der Waals surface area (Å²) in [6, 6.07) is 7.27. The van der Waals surface area contributed by atoms with Gasteiger partial charge in [-0.15, -0.1) is 0 Å². The monoisotopic (exact) mass is 136 g/mol. The summed E-state index contributed by atoms with van der Waals surface area (Å²) >= 11 is 0. The Hall–Kier alpha value is -0.850. The summed E-state index contributed by atoms with van der Waals surface area (Å²) in [4.78, 5) is 0. The minimum atomic E-state index is -0.423. The van der Waals surface area contributed by atoms with Crippen LogP contribution in [0.5, 0.6) is 0 Å². The van der Waals surface area contributed by atoms with Crippen molar-refractivity contribution < 1.29 is 4.39 Å². The number of alkyl halides is 1. The summed E-state index contributed by atoms with van der Waals surface area (Å²) in [7, 11) is 0. The molecule has 1 heteroatoms. The number of halogens is 1. The van der Waals surface area contributed by atoms with Gasteiger partial charge in [-0.25, -0.2) is 4.39 Å². The molecular formula is C9H9F. The van der Waals surface area contributed by atoms with Crippen molar-refractivity contribution in [2.45, 2.75) is 13.1 Å². The number of rotatable bonds is 2. The highest BCUT2D eigenvalue weighted by molar-refractivity contribution is 5.26. The van der Waals surface area contributed by atoms with Crippen LogP contribution in [0.4, 0.5) is 4.39 Å². The van der Waals surface area contributed by atoms with E-state index >= 15 is 0 Å². The van der Waals surface area contributed by atoms with Gasteiger partial charge in [0.15, 0.2) is 0 Å². The van der Waals surface area contributed by atoms with E-state index in [0.29, 0.717) is 12.0 Å². The van der Waals surface area contributed by atoms with Crippen LogP contribution >= 0.6 is 0 Å². The van der Waals surface area contributed by atoms with Crippen LogP contribution in [-0.2, 0) is 13.1 Å². The van der Waals surface area contributed by atoms with Gasteiger partial charge in [-0.1, -0.05) is 24.3 Å². The van der Waals surface area contributed by atoms with E-state index in [9.17, 15) is 4.39 Å². The first-order chi connectivity index (χ1) is 4.88. The van der Waals surface area contributed by atoms with Crippen LogP contribution in [-0.4, -0.2) is 0 Å². The van der Waals surface area contributed by atoms with Crippen LogP contribution in [0, 0.1) is 6.92 Å². The van der Waals surface area contributed by atoms with Crippen LogP contribution in [0.15, 0.2) is 24.3 Å². The molecule has 0 aliphatic carbocycles. The molecule has 0 spiro atoms. The zero-order valence-electron chi connectivity index (χ0n) is 5.68. The summed E-state index contributed by atoms with van der Waals surface area (Å²) in [6.07, 6.45) is 0.417. The molecule has 0 aromatic heterocycles. The van der Waals surface area contributed by atoms with Crippen molar-refractivity contribution in [1.29, 1.82) is 0 Å². The van der Waals surface area contributed by atoms with Crippen molar-refractivity contribution in [2.75, 3.05) is 0 Å². The smallest absolute Gasteiger partial charge is 0.115 e. The Labute approximate surface area is 60.7 Å². The van der Waals surface area contributed by atoms with E-state index in [1.165, 1.54) is 0 Å². The second-order valence-electron chi connectivity index (χ2n) is 2.11. The molecule has 0 saturated carbocycles. The van der Waals surface area contributed by atoms with E-state index in [-0.39, 0.29) is 0 Å². The van der Waals surface area contributed by atoms with Crippen LogP contribution < -0.4 is 0 Å². The van der Waals surface area contributed by atoms with Crippen molar-refractivity contribution in [2.24, 2.45) is 0 Å². The molecule has 1 aromatic rings. The lowest BCUT2D eigenvalue weighted by atomic mass is 10.1. The van der Waals surface area contributed by atoms with Gasteiger partial charge in [-0.05, 0) is 24.5 Å². The molecule has 52 valence electrons. The first-order valence-electron chi connectivity index (χ1n) is 3.21. The normalized spacial score (nSPS) is 9.80. The van der Waals surface area contributed by atoms with E-state index in [4.69, 9.17) is 6.92 Å². The molecule has 0 atom stereocenters. The molecule has 0 aliphatic heterocycles. The molecule has 0 saturated heterocycles. The number of hydrogen-bond donors (Lipinski definition) is 0. The maximum atomic E-state index is 12.1. The van der Waals surface area contributed by atoms with Crippen LogP contribution in [0.25, 0.3) is 0 Å². The fraction of sp³-hybridized carbons (Fsp3) is 0.222. The highest BCUT2D eigenvalue weighted by Gasteiger charge is 1.96. The van der Waals surface area contributed by atoms with Gasteiger partial charge in [-0.2, -0.15) is 0 Å². The minimum Gasteiger partial charge on any atom is -0.246 e. The molecule has 1 aromatic carbocycles. The number of hydrogen-bond acceptors (Lipinski definition) is 0. The van der Waals surface area contributed by atoms with E-state index < -0.39 is 6.67 Å². The molecule has 0 amide bonds. The third-order valence-corrected chi connectivity index (χ3v) is 1.48. The lowest BCUT2D eigenvalue weighted by molar-refractivity contribution is 0.483. The lowest BCUT2D eigenvalue weighted by Gasteiger charge is -2.00. The molecule has 0 N–H and O–H groups in total. The Morgan fingerprint density at radius 1 is 1.20 bits per heavy atom. The molecule has 10 heavy (non-hydrogen) atoms. The third-order valence-electron chi connectivity index (χ3n) is 1.48. The zero-order chi connectivity index (χ0) is 7.40. The van der Waals surface area contributed by atoms with Gasteiger partial charge < -0.3 is 0 Å². The van der Waals surface area contributed by atoms with E-state index in [1.54, 1.807) is 6.07 Å². The Morgan fingerprint density at radius 3 is 2.20 bits per heavy atom. The molecule has 1 rings (SSSR count). The van der Waals surface area contributed by atoms with Crippen molar-refractivity contribution in [1.82, 2.24) is 0 Å². The molecule has 0 bridgehead atoms. The Bertz CT molecular complexity index is 183. The van der Waals surface area contributed by atoms with Gasteiger partial charge in [0.2, 0.25) is 0 Å². The largest absolute Gasteiger partial charge is 0.246 e. The van der Waals surface area contributed by atoms with Crippen LogP contribution in [0.1, 0.15) is 11.1 Å². The quantitative estimate of drug-likeness (QED) is 0.585. The summed E-state index contributed by atoms with van der Waals surface area (Å²) in [6.45, 7) is 4.94. The highest BCUT2D eigenvalue weighted by Crippen LogP contribution is 2.09. The predicted molar refractivity (Wildman–Crippen MR) is 39.3 cm³/mol. The molecule has 0 heterocycles. The van der Waals surface area contributed by atoms with Crippen molar-refractivity contribution in [3.63, 3.8) is 0 Å². The lowest BCUT2D eigenvalue weighted by Crippen LogP contribution is -1.87. The average Bonchev–Trinajstić information content (AvgIpc) is 2.04. The fourth-order valence-corrected chi connectivity index (χ4v) is 0.887. The Morgan fingerprint density at radius 2 is 1.80 bits per heavy atom. The SMILES string of the molecule is [CH]Cc1ccccc1CF.